The summed E-state index contributed by atoms with van der Waals surface area (Å²) in [5, 5.41) is 2.80. The number of amides is 1. The molecule has 0 aliphatic carbocycles. The third-order valence-electron chi connectivity index (χ3n) is 4.78. The molecular formula is C24H21N3O4. The molecule has 31 heavy (non-hydrogen) atoms. The number of hydrogen-bond acceptors (Lipinski definition) is 5. The number of methoxy groups -OCH3 is 1. The molecule has 0 saturated heterocycles. The molecule has 2 aromatic carbocycles. The largest absolute Gasteiger partial charge is 0.486 e. The van der Waals surface area contributed by atoms with Crippen molar-refractivity contribution in [3.63, 3.8) is 0 Å². The van der Waals surface area contributed by atoms with Gasteiger partial charge in [0.2, 0.25) is 0 Å². The van der Waals surface area contributed by atoms with E-state index in [-0.39, 0.29) is 12.5 Å². The number of benzene rings is 2. The van der Waals surface area contributed by atoms with Crippen LogP contribution in [0.25, 0.3) is 5.65 Å². The second kappa shape index (κ2) is 8.71. The fourth-order valence-electron chi connectivity index (χ4n) is 3.25. The average Bonchev–Trinajstić information content (AvgIpc) is 3.22. The Morgan fingerprint density at radius 3 is 2.71 bits per heavy atom. The molecule has 7 heteroatoms. The Hall–Kier alpha value is -4.13. The number of esters is 1. The fourth-order valence-corrected chi connectivity index (χ4v) is 3.25. The lowest BCUT2D eigenvalue weighted by molar-refractivity contribution is 0.0600. The Labute approximate surface area is 179 Å². The molecule has 0 unspecified atom stereocenters. The number of fused-ring (bicyclic) bond motifs is 1. The smallest absolute Gasteiger partial charge is 0.337 e. The van der Waals surface area contributed by atoms with E-state index >= 15 is 0 Å². The number of nitrogens with one attached hydrogen (secondary N) is 1. The Morgan fingerprint density at radius 1 is 1.06 bits per heavy atom. The van der Waals surface area contributed by atoms with E-state index in [1.54, 1.807) is 48.5 Å². The number of rotatable bonds is 6. The molecule has 0 atom stereocenters. The van der Waals surface area contributed by atoms with Gasteiger partial charge in [0.05, 0.1) is 23.9 Å². The van der Waals surface area contributed by atoms with E-state index < -0.39 is 5.97 Å². The average molecular weight is 415 g/mol. The summed E-state index contributed by atoms with van der Waals surface area (Å²) in [5.74, 6) is -0.371. The van der Waals surface area contributed by atoms with Gasteiger partial charge in [-0.3, -0.25) is 4.79 Å². The second-order valence-electron chi connectivity index (χ2n) is 6.97. The van der Waals surface area contributed by atoms with E-state index in [2.05, 4.69) is 10.3 Å². The summed E-state index contributed by atoms with van der Waals surface area (Å²) in [6.07, 6.45) is 3.84. The minimum absolute atomic E-state index is 0.225. The summed E-state index contributed by atoms with van der Waals surface area (Å²) in [6, 6.07) is 17.5. The SMILES string of the molecule is COC(=O)c1cccc(NC(=O)c2ccccc2OCc2cn3cccc(C)c3n2)c1. The number of imidazole rings is 1. The van der Waals surface area contributed by atoms with Gasteiger partial charge in [-0.15, -0.1) is 0 Å². The maximum absolute atomic E-state index is 12.9. The molecule has 0 fully saturated rings. The maximum Gasteiger partial charge on any atom is 0.337 e. The van der Waals surface area contributed by atoms with E-state index in [9.17, 15) is 9.59 Å². The number of aryl methyl sites for hydroxylation is 1. The van der Waals surface area contributed by atoms with Crippen molar-refractivity contribution in [2.75, 3.05) is 12.4 Å². The summed E-state index contributed by atoms with van der Waals surface area (Å²) in [5.41, 5.74) is 3.92. The third-order valence-corrected chi connectivity index (χ3v) is 4.78. The van der Waals surface area contributed by atoms with Crippen molar-refractivity contribution in [1.29, 1.82) is 0 Å². The van der Waals surface area contributed by atoms with Gasteiger partial charge < -0.3 is 19.2 Å². The summed E-state index contributed by atoms with van der Waals surface area (Å²) in [7, 11) is 1.31. The Morgan fingerprint density at radius 2 is 1.90 bits per heavy atom. The van der Waals surface area contributed by atoms with Gasteiger partial charge in [-0.25, -0.2) is 9.78 Å². The summed E-state index contributed by atoms with van der Waals surface area (Å²) < 4.78 is 12.6. The van der Waals surface area contributed by atoms with Gasteiger partial charge in [0.25, 0.3) is 5.91 Å². The van der Waals surface area contributed by atoms with Gasteiger partial charge >= 0.3 is 5.97 Å². The molecule has 4 aromatic rings. The monoisotopic (exact) mass is 415 g/mol. The van der Waals surface area contributed by atoms with Crippen molar-refractivity contribution in [1.82, 2.24) is 9.38 Å². The summed E-state index contributed by atoms with van der Waals surface area (Å²) in [4.78, 5) is 29.2. The van der Waals surface area contributed by atoms with Crippen LogP contribution in [-0.2, 0) is 11.3 Å². The van der Waals surface area contributed by atoms with Gasteiger partial charge in [-0.2, -0.15) is 0 Å². The van der Waals surface area contributed by atoms with Crippen molar-refractivity contribution in [2.45, 2.75) is 13.5 Å². The third kappa shape index (κ3) is 4.40. The number of anilines is 1. The topological polar surface area (TPSA) is 81.9 Å². The van der Waals surface area contributed by atoms with Crippen LogP contribution in [0.3, 0.4) is 0 Å². The number of carbonyl (C=O) groups excluding carboxylic acids is 2. The first-order valence-corrected chi connectivity index (χ1v) is 9.70. The molecular weight excluding hydrogens is 394 g/mol. The Kier molecular flexibility index (Phi) is 5.66. The Bertz CT molecular complexity index is 1260. The van der Waals surface area contributed by atoms with Crippen molar-refractivity contribution in [3.05, 3.63) is 95.4 Å². The van der Waals surface area contributed by atoms with Gasteiger partial charge in [0.15, 0.2) is 0 Å². The number of aromatic nitrogens is 2. The van der Waals surface area contributed by atoms with Gasteiger partial charge in [-0.1, -0.05) is 24.3 Å². The highest BCUT2D eigenvalue weighted by atomic mass is 16.5. The minimum atomic E-state index is -0.470. The van der Waals surface area contributed by atoms with E-state index in [1.165, 1.54) is 7.11 Å². The fraction of sp³-hybridized carbons (Fsp3) is 0.125. The first-order chi connectivity index (χ1) is 15.0. The quantitative estimate of drug-likeness (QED) is 0.476. The standard InChI is InChI=1S/C24H21N3O4/c1-16-7-6-12-27-14-19(25-22(16)27)15-31-21-11-4-3-10-20(21)23(28)26-18-9-5-8-17(13-18)24(29)30-2/h3-14H,15H2,1-2H3,(H,26,28). The molecule has 1 N–H and O–H groups in total. The first-order valence-electron chi connectivity index (χ1n) is 9.70. The van der Waals surface area contributed by atoms with Crippen LogP contribution in [-0.4, -0.2) is 28.4 Å². The molecule has 1 amide bonds. The van der Waals surface area contributed by atoms with E-state index in [0.29, 0.717) is 22.6 Å². The number of nitrogens with zero attached hydrogens (tertiary/aromatic N) is 2. The molecule has 156 valence electrons. The van der Waals surface area contributed by atoms with Crippen LogP contribution in [0.2, 0.25) is 0 Å². The maximum atomic E-state index is 12.9. The molecule has 2 heterocycles. The van der Waals surface area contributed by atoms with Crippen LogP contribution in [0.15, 0.2) is 73.1 Å². The van der Waals surface area contributed by atoms with Crippen molar-refractivity contribution >= 4 is 23.2 Å². The zero-order valence-electron chi connectivity index (χ0n) is 17.2. The lowest BCUT2D eigenvalue weighted by Crippen LogP contribution is -2.14. The van der Waals surface area contributed by atoms with Crippen LogP contribution in [0.5, 0.6) is 5.75 Å². The Balaban J connectivity index is 1.50. The predicted molar refractivity (Wildman–Crippen MR) is 116 cm³/mol. The molecule has 0 spiro atoms. The number of carbonyl (C=O) groups is 2. The van der Waals surface area contributed by atoms with Gasteiger partial charge in [-0.05, 0) is 48.9 Å². The zero-order valence-corrected chi connectivity index (χ0v) is 17.2. The minimum Gasteiger partial charge on any atom is -0.486 e. The molecule has 2 aromatic heterocycles. The van der Waals surface area contributed by atoms with E-state index in [0.717, 1.165) is 16.9 Å². The number of hydrogen-bond donors (Lipinski definition) is 1. The zero-order chi connectivity index (χ0) is 21.8. The number of pyridine rings is 1. The number of para-hydroxylation sites is 1. The molecule has 0 radical (unpaired) electrons. The van der Waals surface area contributed by atoms with Gasteiger partial charge in [0.1, 0.15) is 18.0 Å². The second-order valence-corrected chi connectivity index (χ2v) is 6.97. The van der Waals surface area contributed by atoms with Gasteiger partial charge in [0, 0.05) is 18.1 Å². The van der Waals surface area contributed by atoms with Crippen LogP contribution >= 0.6 is 0 Å². The summed E-state index contributed by atoms with van der Waals surface area (Å²) in [6.45, 7) is 2.23. The predicted octanol–water partition coefficient (Wildman–Crippen LogP) is 4.26. The summed E-state index contributed by atoms with van der Waals surface area (Å²) >= 11 is 0. The van der Waals surface area contributed by atoms with Crippen molar-refractivity contribution in [3.8, 4) is 5.75 Å². The van der Waals surface area contributed by atoms with E-state index in [1.807, 2.05) is 35.9 Å². The van der Waals surface area contributed by atoms with Crippen LogP contribution < -0.4 is 10.1 Å². The molecule has 0 aliphatic rings. The molecule has 7 nitrogen and oxygen atoms in total. The first kappa shape index (κ1) is 20.2. The lowest BCUT2D eigenvalue weighted by Gasteiger charge is -2.11. The molecule has 0 bridgehead atoms. The molecule has 0 aliphatic heterocycles. The van der Waals surface area contributed by atoms with Crippen molar-refractivity contribution in [2.24, 2.45) is 0 Å². The highest BCUT2D eigenvalue weighted by Gasteiger charge is 2.14. The highest BCUT2D eigenvalue weighted by Crippen LogP contribution is 2.22. The molecule has 4 rings (SSSR count). The van der Waals surface area contributed by atoms with Crippen LogP contribution in [0.1, 0.15) is 32.0 Å². The number of ether oxygens (including phenoxy) is 2. The highest BCUT2D eigenvalue weighted by molar-refractivity contribution is 6.06. The van der Waals surface area contributed by atoms with Crippen LogP contribution in [0, 0.1) is 6.92 Å². The van der Waals surface area contributed by atoms with Crippen LogP contribution in [0.4, 0.5) is 5.69 Å². The lowest BCUT2D eigenvalue weighted by atomic mass is 10.1. The molecule has 0 saturated carbocycles. The normalized spacial score (nSPS) is 10.6. The van der Waals surface area contributed by atoms with E-state index in [4.69, 9.17) is 9.47 Å². The van der Waals surface area contributed by atoms with Crippen molar-refractivity contribution < 1.29 is 19.1 Å².